The van der Waals surface area contributed by atoms with Crippen molar-refractivity contribution in [2.24, 2.45) is 0 Å². The topological polar surface area (TPSA) is 36.9 Å². The molecule has 0 saturated carbocycles. The van der Waals surface area contributed by atoms with Crippen LogP contribution in [0.5, 0.6) is 0 Å². The number of furan rings is 1. The molecule has 1 heterocycles. The van der Waals surface area contributed by atoms with Crippen molar-refractivity contribution in [2.45, 2.75) is 6.92 Å². The summed E-state index contributed by atoms with van der Waals surface area (Å²) in [7, 11) is 0. The number of aryl methyl sites for hydroxylation is 1. The SMILES string of the molecule is Cc1ccc(Br)c(-c2cc3ccccc3o2)c1C#N. The second kappa shape index (κ2) is 4.56. The highest BCUT2D eigenvalue weighted by atomic mass is 79.9. The van der Waals surface area contributed by atoms with Crippen LogP contribution in [0, 0.1) is 18.3 Å². The van der Waals surface area contributed by atoms with Crippen molar-refractivity contribution < 1.29 is 4.42 Å². The molecule has 3 aromatic rings. The van der Waals surface area contributed by atoms with Gasteiger partial charge in [-0.2, -0.15) is 5.26 Å². The van der Waals surface area contributed by atoms with E-state index in [4.69, 9.17) is 4.42 Å². The molecule has 0 saturated heterocycles. The summed E-state index contributed by atoms with van der Waals surface area (Å²) >= 11 is 3.50. The van der Waals surface area contributed by atoms with Crippen LogP contribution >= 0.6 is 15.9 Å². The Morgan fingerprint density at radius 1 is 1.16 bits per heavy atom. The summed E-state index contributed by atoms with van der Waals surface area (Å²) in [5, 5.41) is 10.4. The Kier molecular flexibility index (Phi) is 2.88. The molecule has 0 bridgehead atoms. The highest BCUT2D eigenvalue weighted by Gasteiger charge is 2.15. The summed E-state index contributed by atoms with van der Waals surface area (Å²) in [5.41, 5.74) is 3.24. The molecular formula is C16H10BrNO. The molecule has 3 rings (SSSR count). The van der Waals surface area contributed by atoms with Gasteiger partial charge in [-0.25, -0.2) is 0 Å². The van der Waals surface area contributed by atoms with Gasteiger partial charge in [0.15, 0.2) is 0 Å². The predicted molar refractivity (Wildman–Crippen MR) is 78.8 cm³/mol. The monoisotopic (exact) mass is 311 g/mol. The van der Waals surface area contributed by atoms with Gasteiger partial charge in [0.25, 0.3) is 0 Å². The Bertz CT molecular complexity index is 778. The summed E-state index contributed by atoms with van der Waals surface area (Å²) in [6, 6.07) is 15.9. The van der Waals surface area contributed by atoms with Crippen molar-refractivity contribution in [1.29, 1.82) is 5.26 Å². The quantitative estimate of drug-likeness (QED) is 0.631. The van der Waals surface area contributed by atoms with Gasteiger partial charge in [0.2, 0.25) is 0 Å². The lowest BCUT2D eigenvalue weighted by atomic mass is 10.0. The van der Waals surface area contributed by atoms with Crippen LogP contribution in [-0.2, 0) is 0 Å². The lowest BCUT2D eigenvalue weighted by Crippen LogP contribution is -1.88. The van der Waals surface area contributed by atoms with Crippen LogP contribution in [0.4, 0.5) is 0 Å². The molecule has 0 unspecified atom stereocenters. The fraction of sp³-hybridized carbons (Fsp3) is 0.0625. The number of nitrogens with zero attached hydrogens (tertiary/aromatic N) is 1. The maximum Gasteiger partial charge on any atom is 0.137 e. The summed E-state index contributed by atoms with van der Waals surface area (Å²) in [6.45, 7) is 1.93. The zero-order valence-corrected chi connectivity index (χ0v) is 11.9. The van der Waals surface area contributed by atoms with Gasteiger partial charge in [-0.1, -0.05) is 24.3 Å². The molecule has 3 heteroatoms. The minimum absolute atomic E-state index is 0.647. The van der Waals surface area contributed by atoms with Gasteiger partial charge in [-0.3, -0.25) is 0 Å². The fourth-order valence-electron chi connectivity index (χ4n) is 2.17. The Morgan fingerprint density at radius 3 is 2.68 bits per heavy atom. The smallest absolute Gasteiger partial charge is 0.137 e. The summed E-state index contributed by atoms with van der Waals surface area (Å²) < 4.78 is 6.72. The average molecular weight is 312 g/mol. The molecule has 0 spiro atoms. The van der Waals surface area contributed by atoms with E-state index < -0.39 is 0 Å². The Labute approximate surface area is 119 Å². The molecule has 1 aromatic heterocycles. The summed E-state index contributed by atoms with van der Waals surface area (Å²) in [4.78, 5) is 0. The number of hydrogen-bond donors (Lipinski definition) is 0. The van der Waals surface area contributed by atoms with E-state index in [0.29, 0.717) is 11.3 Å². The van der Waals surface area contributed by atoms with Gasteiger partial charge in [-0.15, -0.1) is 0 Å². The molecule has 0 N–H and O–H groups in total. The number of rotatable bonds is 1. The number of nitriles is 1. The number of benzene rings is 2. The molecule has 0 amide bonds. The maximum absolute atomic E-state index is 9.35. The van der Waals surface area contributed by atoms with E-state index >= 15 is 0 Å². The third-order valence-electron chi connectivity index (χ3n) is 3.15. The Balaban J connectivity index is 2.33. The number of halogens is 1. The molecule has 0 aliphatic heterocycles. The van der Waals surface area contributed by atoms with E-state index in [1.165, 1.54) is 0 Å². The van der Waals surface area contributed by atoms with E-state index in [2.05, 4.69) is 22.0 Å². The zero-order chi connectivity index (χ0) is 13.4. The van der Waals surface area contributed by atoms with E-state index in [-0.39, 0.29) is 0 Å². The van der Waals surface area contributed by atoms with E-state index in [1.54, 1.807) is 0 Å². The van der Waals surface area contributed by atoms with Crippen molar-refractivity contribution in [3.63, 3.8) is 0 Å². The fourth-order valence-corrected chi connectivity index (χ4v) is 2.70. The molecule has 2 aromatic carbocycles. The third kappa shape index (κ3) is 1.94. The van der Waals surface area contributed by atoms with Crippen LogP contribution in [0.1, 0.15) is 11.1 Å². The molecular weight excluding hydrogens is 302 g/mol. The lowest BCUT2D eigenvalue weighted by Gasteiger charge is -2.06. The molecule has 0 aliphatic rings. The van der Waals surface area contributed by atoms with E-state index in [1.807, 2.05) is 49.4 Å². The highest BCUT2D eigenvalue weighted by Crippen LogP contribution is 2.36. The van der Waals surface area contributed by atoms with Crippen molar-refractivity contribution >= 4 is 26.9 Å². The summed E-state index contributed by atoms with van der Waals surface area (Å²) in [6.07, 6.45) is 0. The van der Waals surface area contributed by atoms with Gasteiger partial charge in [-0.05, 0) is 46.6 Å². The molecule has 0 fully saturated rings. The lowest BCUT2D eigenvalue weighted by molar-refractivity contribution is 0.631. The first-order valence-electron chi connectivity index (χ1n) is 5.89. The van der Waals surface area contributed by atoms with Crippen LogP contribution in [0.2, 0.25) is 0 Å². The van der Waals surface area contributed by atoms with Crippen molar-refractivity contribution in [3.05, 3.63) is 58.1 Å². The summed E-state index contributed by atoms with van der Waals surface area (Å²) in [5.74, 6) is 0.716. The minimum Gasteiger partial charge on any atom is -0.456 e. The standard InChI is InChI=1S/C16H10BrNO/c1-10-6-7-13(17)16(12(10)9-18)15-8-11-4-2-3-5-14(11)19-15/h2-8H,1H3. The van der Waals surface area contributed by atoms with Crippen LogP contribution in [-0.4, -0.2) is 0 Å². The van der Waals surface area contributed by atoms with Crippen molar-refractivity contribution in [3.8, 4) is 17.4 Å². The van der Waals surface area contributed by atoms with Crippen LogP contribution in [0.15, 0.2) is 51.4 Å². The molecule has 2 nitrogen and oxygen atoms in total. The van der Waals surface area contributed by atoms with Crippen LogP contribution in [0.3, 0.4) is 0 Å². The average Bonchev–Trinajstić information content (AvgIpc) is 2.84. The normalized spacial score (nSPS) is 10.6. The molecule has 92 valence electrons. The first-order valence-corrected chi connectivity index (χ1v) is 6.68. The van der Waals surface area contributed by atoms with Gasteiger partial charge < -0.3 is 4.42 Å². The second-order valence-electron chi connectivity index (χ2n) is 4.37. The van der Waals surface area contributed by atoms with Crippen LogP contribution in [0.25, 0.3) is 22.3 Å². The van der Waals surface area contributed by atoms with Gasteiger partial charge in [0.1, 0.15) is 17.4 Å². The highest BCUT2D eigenvalue weighted by molar-refractivity contribution is 9.10. The van der Waals surface area contributed by atoms with E-state index in [0.717, 1.165) is 26.6 Å². The van der Waals surface area contributed by atoms with Crippen molar-refractivity contribution in [1.82, 2.24) is 0 Å². The predicted octanol–water partition coefficient (Wildman–Crippen LogP) is 5.04. The number of para-hydroxylation sites is 1. The molecule has 0 radical (unpaired) electrons. The second-order valence-corrected chi connectivity index (χ2v) is 5.23. The van der Waals surface area contributed by atoms with Gasteiger partial charge >= 0.3 is 0 Å². The molecule has 19 heavy (non-hydrogen) atoms. The number of fused-ring (bicyclic) bond motifs is 1. The first kappa shape index (κ1) is 12.0. The zero-order valence-electron chi connectivity index (χ0n) is 10.3. The largest absolute Gasteiger partial charge is 0.456 e. The maximum atomic E-state index is 9.35. The minimum atomic E-state index is 0.647. The third-order valence-corrected chi connectivity index (χ3v) is 3.81. The van der Waals surface area contributed by atoms with Gasteiger partial charge in [0.05, 0.1) is 5.56 Å². The molecule has 0 atom stereocenters. The first-order chi connectivity index (χ1) is 9.20. The van der Waals surface area contributed by atoms with Crippen LogP contribution < -0.4 is 0 Å². The van der Waals surface area contributed by atoms with E-state index in [9.17, 15) is 5.26 Å². The Hall–Kier alpha value is -2.05. The van der Waals surface area contributed by atoms with Crippen molar-refractivity contribution in [2.75, 3.05) is 0 Å². The molecule has 0 aliphatic carbocycles. The Morgan fingerprint density at radius 2 is 1.95 bits per heavy atom. The van der Waals surface area contributed by atoms with Gasteiger partial charge in [0, 0.05) is 15.4 Å². The number of hydrogen-bond acceptors (Lipinski definition) is 2.